The molecule has 110 valence electrons. The Kier molecular flexibility index (Phi) is 4.44. The van der Waals surface area contributed by atoms with Gasteiger partial charge in [-0.05, 0) is 18.9 Å². The molecule has 1 aliphatic carbocycles. The third-order valence-electron chi connectivity index (χ3n) is 3.26. The van der Waals surface area contributed by atoms with Crippen LogP contribution in [0, 0.1) is 0 Å². The van der Waals surface area contributed by atoms with E-state index in [1.54, 1.807) is 18.5 Å². The zero-order valence-electron chi connectivity index (χ0n) is 11.4. The number of rotatable bonds is 6. The Hall–Kier alpha value is -1.96. The molecule has 3 rings (SSSR count). The monoisotopic (exact) mass is 305 g/mol. The highest BCUT2D eigenvalue weighted by Crippen LogP contribution is 2.35. The summed E-state index contributed by atoms with van der Waals surface area (Å²) in [5, 5.41) is 7.22. The van der Waals surface area contributed by atoms with Gasteiger partial charge in [0.25, 0.3) is 0 Å². The Balaban J connectivity index is 1.42. The molecule has 2 aromatic heterocycles. The van der Waals surface area contributed by atoms with Crippen LogP contribution < -0.4 is 5.32 Å². The Morgan fingerprint density at radius 1 is 1.38 bits per heavy atom. The summed E-state index contributed by atoms with van der Waals surface area (Å²) in [6.07, 6.45) is 6.74. The predicted molar refractivity (Wildman–Crippen MR) is 75.5 cm³/mol. The first-order valence-electron chi connectivity index (χ1n) is 6.80. The predicted octanol–water partition coefficient (Wildman–Crippen LogP) is 1.54. The van der Waals surface area contributed by atoms with E-state index in [1.165, 1.54) is 18.2 Å². The molecule has 2 aromatic rings. The topological polar surface area (TPSA) is 93.8 Å². The maximum absolute atomic E-state index is 11.7. The number of hydrogen-bond acceptors (Lipinski definition) is 7. The molecule has 8 heteroatoms. The minimum Gasteiger partial charge on any atom is -0.348 e. The van der Waals surface area contributed by atoms with Crippen molar-refractivity contribution >= 4 is 17.7 Å². The first kappa shape index (κ1) is 14.0. The molecule has 21 heavy (non-hydrogen) atoms. The van der Waals surface area contributed by atoms with Gasteiger partial charge >= 0.3 is 0 Å². The van der Waals surface area contributed by atoms with E-state index >= 15 is 0 Å². The van der Waals surface area contributed by atoms with Gasteiger partial charge in [0, 0.05) is 18.3 Å². The number of amides is 1. The van der Waals surface area contributed by atoms with Crippen LogP contribution in [0.1, 0.15) is 36.9 Å². The summed E-state index contributed by atoms with van der Waals surface area (Å²) in [5.74, 6) is 1.77. The van der Waals surface area contributed by atoms with Gasteiger partial charge in [-0.15, -0.1) is 0 Å². The zero-order valence-corrected chi connectivity index (χ0v) is 12.2. The summed E-state index contributed by atoms with van der Waals surface area (Å²) >= 11 is 1.29. The van der Waals surface area contributed by atoms with Crippen LogP contribution in [0.25, 0.3) is 0 Å². The SMILES string of the molecule is O=C(CSc1ncccn1)NCc1noc(C2CCC2)n1. The second-order valence-electron chi connectivity index (χ2n) is 4.77. The molecule has 1 amide bonds. The van der Waals surface area contributed by atoms with Crippen molar-refractivity contribution in [3.05, 3.63) is 30.2 Å². The summed E-state index contributed by atoms with van der Waals surface area (Å²) in [5.41, 5.74) is 0. The first-order valence-corrected chi connectivity index (χ1v) is 7.79. The lowest BCUT2D eigenvalue weighted by atomic mass is 9.85. The van der Waals surface area contributed by atoms with Crippen molar-refractivity contribution in [2.24, 2.45) is 0 Å². The fourth-order valence-corrected chi connectivity index (χ4v) is 2.51. The van der Waals surface area contributed by atoms with Crippen LogP contribution in [0.3, 0.4) is 0 Å². The van der Waals surface area contributed by atoms with Gasteiger partial charge in [0.15, 0.2) is 11.0 Å². The number of hydrogen-bond donors (Lipinski definition) is 1. The molecule has 0 atom stereocenters. The molecule has 1 aliphatic rings. The maximum atomic E-state index is 11.7. The highest BCUT2D eigenvalue weighted by Gasteiger charge is 2.25. The van der Waals surface area contributed by atoms with Gasteiger partial charge in [0.05, 0.1) is 12.3 Å². The van der Waals surface area contributed by atoms with Gasteiger partial charge in [-0.2, -0.15) is 4.98 Å². The number of aromatic nitrogens is 4. The quantitative estimate of drug-likeness (QED) is 0.639. The molecule has 0 aliphatic heterocycles. The molecule has 0 bridgehead atoms. The molecular weight excluding hydrogens is 290 g/mol. The number of nitrogens with zero attached hydrogens (tertiary/aromatic N) is 4. The van der Waals surface area contributed by atoms with Crippen LogP contribution in [-0.2, 0) is 11.3 Å². The van der Waals surface area contributed by atoms with E-state index in [2.05, 4.69) is 25.4 Å². The van der Waals surface area contributed by atoms with Crippen molar-refractivity contribution in [2.45, 2.75) is 36.9 Å². The number of thioether (sulfide) groups is 1. The van der Waals surface area contributed by atoms with Gasteiger partial charge in [-0.25, -0.2) is 9.97 Å². The van der Waals surface area contributed by atoms with E-state index < -0.39 is 0 Å². The van der Waals surface area contributed by atoms with Gasteiger partial charge in [0.2, 0.25) is 11.8 Å². The van der Waals surface area contributed by atoms with Crippen molar-refractivity contribution in [1.82, 2.24) is 25.4 Å². The lowest BCUT2D eigenvalue weighted by molar-refractivity contribution is -0.118. The third kappa shape index (κ3) is 3.78. The van der Waals surface area contributed by atoms with Crippen molar-refractivity contribution in [1.29, 1.82) is 0 Å². The number of carbonyl (C=O) groups excluding carboxylic acids is 1. The van der Waals surface area contributed by atoms with Crippen molar-refractivity contribution in [3.8, 4) is 0 Å². The van der Waals surface area contributed by atoms with Gasteiger partial charge in [-0.1, -0.05) is 23.3 Å². The van der Waals surface area contributed by atoms with Crippen molar-refractivity contribution in [3.63, 3.8) is 0 Å². The van der Waals surface area contributed by atoms with Gasteiger partial charge in [-0.3, -0.25) is 4.79 Å². The average Bonchev–Trinajstić information content (AvgIpc) is 2.90. The Morgan fingerprint density at radius 2 is 2.19 bits per heavy atom. The molecule has 0 spiro atoms. The molecule has 1 fully saturated rings. The van der Waals surface area contributed by atoms with E-state index in [-0.39, 0.29) is 18.2 Å². The highest BCUT2D eigenvalue weighted by atomic mass is 32.2. The summed E-state index contributed by atoms with van der Waals surface area (Å²) in [6, 6.07) is 1.74. The molecule has 0 unspecified atom stereocenters. The first-order chi connectivity index (χ1) is 10.3. The van der Waals surface area contributed by atoms with Gasteiger partial charge in [0.1, 0.15) is 0 Å². The van der Waals surface area contributed by atoms with Crippen LogP contribution in [0.2, 0.25) is 0 Å². The molecular formula is C13H15N5O2S. The highest BCUT2D eigenvalue weighted by molar-refractivity contribution is 7.99. The van der Waals surface area contributed by atoms with Gasteiger partial charge < -0.3 is 9.84 Å². The van der Waals surface area contributed by atoms with E-state index in [4.69, 9.17) is 4.52 Å². The van der Waals surface area contributed by atoms with E-state index in [0.29, 0.717) is 22.8 Å². The molecule has 0 aromatic carbocycles. The van der Waals surface area contributed by atoms with Crippen LogP contribution in [0.15, 0.2) is 28.1 Å². The smallest absolute Gasteiger partial charge is 0.230 e. The van der Waals surface area contributed by atoms with Crippen molar-refractivity contribution < 1.29 is 9.32 Å². The maximum Gasteiger partial charge on any atom is 0.230 e. The van der Waals surface area contributed by atoms with Crippen LogP contribution >= 0.6 is 11.8 Å². The van der Waals surface area contributed by atoms with Crippen LogP contribution in [0.4, 0.5) is 0 Å². The normalized spacial score (nSPS) is 14.7. The third-order valence-corrected chi connectivity index (χ3v) is 4.13. The molecule has 2 heterocycles. The fraction of sp³-hybridized carbons (Fsp3) is 0.462. The Labute approximate surface area is 125 Å². The summed E-state index contributed by atoms with van der Waals surface area (Å²) in [7, 11) is 0. The lowest BCUT2D eigenvalue weighted by Crippen LogP contribution is -2.25. The molecule has 1 saturated carbocycles. The Bertz CT molecular complexity index is 600. The summed E-state index contributed by atoms with van der Waals surface area (Å²) in [6.45, 7) is 0.283. The standard InChI is InChI=1S/C13H15N5O2S/c19-11(8-21-13-14-5-2-6-15-13)16-7-10-17-12(20-18-10)9-3-1-4-9/h2,5-6,9H,1,3-4,7-8H2,(H,16,19). The van der Waals surface area contributed by atoms with Crippen molar-refractivity contribution in [2.75, 3.05) is 5.75 Å². The minimum atomic E-state index is -0.109. The lowest BCUT2D eigenvalue weighted by Gasteiger charge is -2.20. The average molecular weight is 305 g/mol. The summed E-state index contributed by atoms with van der Waals surface area (Å²) in [4.78, 5) is 24.1. The minimum absolute atomic E-state index is 0.109. The van der Waals surface area contributed by atoms with E-state index in [9.17, 15) is 4.79 Å². The summed E-state index contributed by atoms with van der Waals surface area (Å²) < 4.78 is 5.19. The fourth-order valence-electron chi connectivity index (χ4n) is 1.88. The molecule has 1 N–H and O–H groups in total. The molecule has 0 radical (unpaired) electrons. The molecule has 7 nitrogen and oxygen atoms in total. The van der Waals surface area contributed by atoms with E-state index in [1.807, 2.05) is 0 Å². The zero-order chi connectivity index (χ0) is 14.5. The van der Waals surface area contributed by atoms with Crippen LogP contribution in [0.5, 0.6) is 0 Å². The second kappa shape index (κ2) is 6.66. The molecule has 0 saturated heterocycles. The number of carbonyl (C=O) groups is 1. The van der Waals surface area contributed by atoms with E-state index in [0.717, 1.165) is 12.8 Å². The Morgan fingerprint density at radius 3 is 2.90 bits per heavy atom. The largest absolute Gasteiger partial charge is 0.348 e. The second-order valence-corrected chi connectivity index (χ2v) is 5.72. The van der Waals surface area contributed by atoms with Crippen LogP contribution in [-0.4, -0.2) is 31.8 Å². The number of nitrogens with one attached hydrogen (secondary N) is 1.